The molecule has 0 saturated carbocycles. The minimum atomic E-state index is -3.72. The summed E-state index contributed by atoms with van der Waals surface area (Å²) < 4.78 is 55.7. The number of anilines is 3. The van der Waals surface area contributed by atoms with E-state index in [1.807, 2.05) is 6.07 Å². The molecule has 0 spiro atoms. The van der Waals surface area contributed by atoms with Crippen molar-refractivity contribution in [1.29, 1.82) is 0 Å². The summed E-state index contributed by atoms with van der Waals surface area (Å²) in [6.07, 6.45) is 7.37. The van der Waals surface area contributed by atoms with Crippen molar-refractivity contribution in [2.45, 2.75) is 52.9 Å². The number of sulfonamides is 1. The summed E-state index contributed by atoms with van der Waals surface area (Å²) in [4.78, 5) is 4.14. The first-order chi connectivity index (χ1) is 15.2. The highest BCUT2D eigenvalue weighted by atomic mass is 32.2. The third kappa shape index (κ3) is 6.91. The third-order valence-electron chi connectivity index (χ3n) is 5.16. The van der Waals surface area contributed by atoms with E-state index in [1.165, 1.54) is 0 Å². The highest BCUT2D eigenvalue weighted by Gasteiger charge is 2.19. The van der Waals surface area contributed by atoms with E-state index < -0.39 is 27.3 Å². The molecule has 0 radical (unpaired) electrons. The fraction of sp³-hybridized carbons (Fsp3) is 0.435. The SMILES string of the molecule is CCCCC(CC)/C(=C\Nc1c(F)ccc(NS(=O)(=O)CCC)c1F)c1ccc(N)nc1. The molecule has 6 nitrogen and oxygen atoms in total. The highest BCUT2D eigenvalue weighted by Crippen LogP contribution is 2.32. The summed E-state index contributed by atoms with van der Waals surface area (Å²) in [6.45, 7) is 5.87. The zero-order valence-corrected chi connectivity index (χ0v) is 19.6. The average Bonchev–Trinajstić information content (AvgIpc) is 2.75. The van der Waals surface area contributed by atoms with Crippen LogP contribution in [0.4, 0.5) is 26.0 Å². The van der Waals surface area contributed by atoms with Gasteiger partial charge in [-0.1, -0.05) is 33.6 Å². The minimum absolute atomic E-state index is 0.144. The van der Waals surface area contributed by atoms with Gasteiger partial charge < -0.3 is 11.1 Å². The van der Waals surface area contributed by atoms with Crippen LogP contribution in [0.15, 0.2) is 36.7 Å². The van der Waals surface area contributed by atoms with Crippen molar-refractivity contribution in [3.8, 4) is 0 Å². The van der Waals surface area contributed by atoms with Gasteiger partial charge in [-0.15, -0.1) is 0 Å². The number of unbranched alkanes of at least 4 members (excludes halogenated alkanes) is 1. The summed E-state index contributed by atoms with van der Waals surface area (Å²) in [5.41, 5.74) is 6.64. The van der Waals surface area contributed by atoms with Crippen LogP contribution in [0.25, 0.3) is 5.57 Å². The monoisotopic (exact) mass is 466 g/mol. The maximum absolute atomic E-state index is 15.0. The summed E-state index contributed by atoms with van der Waals surface area (Å²) >= 11 is 0. The molecule has 0 fully saturated rings. The van der Waals surface area contributed by atoms with Crippen LogP contribution in [0.2, 0.25) is 0 Å². The van der Waals surface area contributed by atoms with Gasteiger partial charge in [-0.05, 0) is 60.6 Å². The standard InChI is InChI=1S/C23H32F2N4O2S/c1-4-7-8-16(6-3)18(17-9-12-21(26)27-14-17)15-28-23-19(24)10-11-20(22(23)25)29-32(30,31)13-5-2/h9-12,14-16,28-29H,4-8,13H2,1-3H3,(H2,26,27)/b18-15+. The average molecular weight is 467 g/mol. The van der Waals surface area contributed by atoms with Gasteiger partial charge in [0.05, 0.1) is 11.4 Å². The van der Waals surface area contributed by atoms with E-state index in [0.717, 1.165) is 49.0 Å². The molecule has 1 aromatic carbocycles. The van der Waals surface area contributed by atoms with Gasteiger partial charge in [-0.2, -0.15) is 0 Å². The molecule has 2 rings (SSSR count). The van der Waals surface area contributed by atoms with Crippen LogP contribution in [-0.2, 0) is 10.0 Å². The van der Waals surface area contributed by atoms with E-state index in [1.54, 1.807) is 25.4 Å². The van der Waals surface area contributed by atoms with Crippen LogP contribution in [0.1, 0.15) is 58.4 Å². The van der Waals surface area contributed by atoms with Gasteiger partial charge in [0.25, 0.3) is 0 Å². The Morgan fingerprint density at radius 2 is 1.91 bits per heavy atom. The van der Waals surface area contributed by atoms with Gasteiger partial charge in [0, 0.05) is 12.4 Å². The second-order valence-corrected chi connectivity index (χ2v) is 9.51. The van der Waals surface area contributed by atoms with Crippen LogP contribution < -0.4 is 15.8 Å². The van der Waals surface area contributed by atoms with E-state index in [-0.39, 0.29) is 17.4 Å². The fourth-order valence-electron chi connectivity index (χ4n) is 3.44. The Kier molecular flexibility index (Phi) is 9.43. The molecule has 0 saturated heterocycles. The molecule has 1 aromatic heterocycles. The molecule has 4 N–H and O–H groups in total. The van der Waals surface area contributed by atoms with Gasteiger partial charge in [0.15, 0.2) is 5.82 Å². The number of benzene rings is 1. The maximum Gasteiger partial charge on any atom is 0.232 e. The number of halogens is 2. The van der Waals surface area contributed by atoms with Crippen molar-refractivity contribution in [2.24, 2.45) is 5.92 Å². The number of nitrogens with one attached hydrogen (secondary N) is 2. The largest absolute Gasteiger partial charge is 0.384 e. The first-order valence-corrected chi connectivity index (χ1v) is 12.5. The van der Waals surface area contributed by atoms with Crippen LogP contribution in [0, 0.1) is 17.6 Å². The quantitative estimate of drug-likeness (QED) is 0.369. The Morgan fingerprint density at radius 1 is 1.16 bits per heavy atom. The van der Waals surface area contributed by atoms with Crippen LogP contribution in [-0.4, -0.2) is 19.2 Å². The molecule has 0 aliphatic carbocycles. The zero-order valence-electron chi connectivity index (χ0n) is 18.8. The molecule has 32 heavy (non-hydrogen) atoms. The van der Waals surface area contributed by atoms with E-state index in [2.05, 4.69) is 28.9 Å². The lowest BCUT2D eigenvalue weighted by Crippen LogP contribution is -2.17. The van der Waals surface area contributed by atoms with Crippen LogP contribution in [0.3, 0.4) is 0 Å². The molecule has 0 aliphatic rings. The summed E-state index contributed by atoms with van der Waals surface area (Å²) in [5, 5.41) is 2.74. The lowest BCUT2D eigenvalue weighted by molar-refractivity contribution is 0.553. The molecule has 2 aromatic rings. The molecule has 0 aliphatic heterocycles. The number of hydrogen-bond acceptors (Lipinski definition) is 5. The Labute approximate surface area is 189 Å². The summed E-state index contributed by atoms with van der Waals surface area (Å²) in [6, 6.07) is 5.61. The zero-order chi connectivity index (χ0) is 23.7. The third-order valence-corrected chi connectivity index (χ3v) is 6.64. The Morgan fingerprint density at radius 3 is 2.50 bits per heavy atom. The normalized spacial score (nSPS) is 13.1. The predicted molar refractivity (Wildman–Crippen MR) is 128 cm³/mol. The second kappa shape index (κ2) is 11.8. The predicted octanol–water partition coefficient (Wildman–Crippen LogP) is 5.76. The number of hydrogen-bond donors (Lipinski definition) is 3. The van der Waals surface area contributed by atoms with E-state index in [4.69, 9.17) is 5.73 Å². The van der Waals surface area contributed by atoms with Gasteiger partial charge in [-0.3, -0.25) is 4.72 Å². The summed E-state index contributed by atoms with van der Waals surface area (Å²) in [5.74, 6) is -1.46. The maximum atomic E-state index is 15.0. The van der Waals surface area contributed by atoms with Crippen molar-refractivity contribution >= 4 is 32.8 Å². The van der Waals surface area contributed by atoms with Crippen molar-refractivity contribution in [1.82, 2.24) is 4.98 Å². The number of pyridine rings is 1. The summed E-state index contributed by atoms with van der Waals surface area (Å²) in [7, 11) is -3.72. The lowest BCUT2D eigenvalue weighted by Gasteiger charge is -2.20. The minimum Gasteiger partial charge on any atom is -0.384 e. The Bertz CT molecular complexity index is 1030. The van der Waals surface area contributed by atoms with Crippen molar-refractivity contribution in [3.05, 3.63) is 53.9 Å². The molecule has 1 heterocycles. The highest BCUT2D eigenvalue weighted by molar-refractivity contribution is 7.92. The lowest BCUT2D eigenvalue weighted by atomic mass is 9.87. The van der Waals surface area contributed by atoms with Gasteiger partial charge in [0.2, 0.25) is 10.0 Å². The molecule has 0 bridgehead atoms. The molecular weight excluding hydrogens is 434 g/mol. The number of allylic oxidation sites excluding steroid dienone is 1. The van der Waals surface area contributed by atoms with Gasteiger partial charge >= 0.3 is 0 Å². The fourth-order valence-corrected chi connectivity index (χ4v) is 4.58. The molecule has 1 atom stereocenters. The molecule has 0 amide bonds. The molecule has 9 heteroatoms. The van der Waals surface area contributed by atoms with Crippen LogP contribution in [0.5, 0.6) is 0 Å². The molecular formula is C23H32F2N4O2S. The Balaban J connectivity index is 2.44. The van der Waals surface area contributed by atoms with Gasteiger partial charge in [0.1, 0.15) is 17.3 Å². The van der Waals surface area contributed by atoms with Crippen LogP contribution >= 0.6 is 0 Å². The van der Waals surface area contributed by atoms with Gasteiger partial charge in [-0.25, -0.2) is 22.2 Å². The van der Waals surface area contributed by atoms with E-state index in [9.17, 15) is 12.8 Å². The van der Waals surface area contributed by atoms with E-state index in [0.29, 0.717) is 12.2 Å². The molecule has 176 valence electrons. The number of nitrogens with two attached hydrogens (primary N) is 1. The number of nitrogen functional groups attached to an aromatic ring is 1. The Hall–Kier alpha value is -2.68. The topological polar surface area (TPSA) is 97.1 Å². The number of nitrogens with zero attached hydrogens (tertiary/aromatic N) is 1. The molecule has 1 unspecified atom stereocenters. The van der Waals surface area contributed by atoms with E-state index >= 15 is 4.39 Å². The van der Waals surface area contributed by atoms with Crippen molar-refractivity contribution in [3.63, 3.8) is 0 Å². The first kappa shape index (κ1) is 25.6. The van der Waals surface area contributed by atoms with Crippen molar-refractivity contribution in [2.75, 3.05) is 21.5 Å². The number of aromatic nitrogens is 1. The first-order valence-electron chi connectivity index (χ1n) is 10.9. The second-order valence-electron chi connectivity index (χ2n) is 7.67. The van der Waals surface area contributed by atoms with Crippen molar-refractivity contribution < 1.29 is 17.2 Å². The smallest absolute Gasteiger partial charge is 0.232 e. The number of rotatable bonds is 12.